The van der Waals surface area contributed by atoms with Crippen LogP contribution in [0.2, 0.25) is 0 Å². The molecule has 2 heterocycles. The van der Waals surface area contributed by atoms with E-state index in [2.05, 4.69) is 24.5 Å². The summed E-state index contributed by atoms with van der Waals surface area (Å²) >= 11 is 0. The molecule has 32 heavy (non-hydrogen) atoms. The first-order chi connectivity index (χ1) is 15.6. The minimum Gasteiger partial charge on any atom is -0.492 e. The summed E-state index contributed by atoms with van der Waals surface area (Å²) in [6.07, 6.45) is 0.820. The second kappa shape index (κ2) is 8.20. The quantitative estimate of drug-likeness (QED) is 0.612. The molecule has 0 bridgehead atoms. The van der Waals surface area contributed by atoms with Crippen LogP contribution in [0.5, 0.6) is 17.2 Å². The number of fused-ring (bicyclic) bond motifs is 2. The number of hydrogen-bond donors (Lipinski definition) is 1. The number of benzene rings is 3. The first kappa shape index (κ1) is 20.4. The molecule has 0 aromatic heterocycles. The van der Waals surface area contributed by atoms with Crippen LogP contribution in [0.1, 0.15) is 22.7 Å². The van der Waals surface area contributed by atoms with E-state index in [1.165, 1.54) is 5.56 Å². The first-order valence-corrected chi connectivity index (χ1v) is 10.8. The van der Waals surface area contributed by atoms with Gasteiger partial charge in [0, 0.05) is 17.7 Å². The molecular weight excluding hydrogens is 404 g/mol. The topological polar surface area (TPSA) is 56.8 Å². The number of para-hydroxylation sites is 1. The fourth-order valence-corrected chi connectivity index (χ4v) is 4.92. The molecule has 2 aliphatic heterocycles. The van der Waals surface area contributed by atoms with Gasteiger partial charge in [0.25, 0.3) is 5.91 Å². The highest BCUT2D eigenvalue weighted by Crippen LogP contribution is 2.51. The lowest BCUT2D eigenvalue weighted by Crippen LogP contribution is -2.54. The average Bonchev–Trinajstić information content (AvgIpc) is 3.27. The van der Waals surface area contributed by atoms with Gasteiger partial charge >= 0.3 is 0 Å². The molecule has 3 aromatic carbocycles. The zero-order valence-corrected chi connectivity index (χ0v) is 18.3. The monoisotopic (exact) mass is 431 g/mol. The summed E-state index contributed by atoms with van der Waals surface area (Å²) in [5.74, 6) is 1.80. The Morgan fingerprint density at radius 1 is 1.09 bits per heavy atom. The molecular formula is C26H27N2O4+. The number of rotatable bonds is 5. The number of amides is 1. The fourth-order valence-electron chi connectivity index (χ4n) is 4.92. The highest BCUT2D eigenvalue weighted by atomic mass is 16.7. The Morgan fingerprint density at radius 2 is 1.81 bits per heavy atom. The van der Waals surface area contributed by atoms with Gasteiger partial charge in [0.05, 0.1) is 26.3 Å². The molecule has 0 spiro atoms. The normalized spacial score (nSPS) is 21.0. The lowest BCUT2D eigenvalue weighted by Gasteiger charge is -2.45. The Balaban J connectivity index is 1.62. The van der Waals surface area contributed by atoms with Crippen molar-refractivity contribution in [3.63, 3.8) is 0 Å². The molecule has 6 nitrogen and oxygen atoms in total. The Bertz CT molecular complexity index is 1130. The maximum atomic E-state index is 13.9. The largest absolute Gasteiger partial charge is 0.492 e. The SMILES string of the molecule is COc1c2c(cc3c1[C@@H](C(=O)Nc1ccccc1)[N@+](C)(Cc1ccccc1)CC3)OCO2. The number of quaternary nitrogens is 1. The molecule has 5 rings (SSSR count). The van der Waals surface area contributed by atoms with Crippen LogP contribution in [0.4, 0.5) is 5.69 Å². The first-order valence-electron chi connectivity index (χ1n) is 10.8. The second-order valence-electron chi connectivity index (χ2n) is 8.57. The third-order valence-electron chi connectivity index (χ3n) is 6.41. The van der Waals surface area contributed by atoms with E-state index >= 15 is 0 Å². The molecule has 0 saturated carbocycles. The molecule has 0 radical (unpaired) electrons. The zero-order chi connectivity index (χ0) is 22.1. The number of methoxy groups -OCH3 is 1. The molecule has 2 aliphatic rings. The van der Waals surface area contributed by atoms with Crippen LogP contribution in [0, 0.1) is 0 Å². The van der Waals surface area contributed by atoms with E-state index in [1.807, 2.05) is 54.6 Å². The lowest BCUT2D eigenvalue weighted by molar-refractivity contribution is -0.944. The molecule has 0 aliphatic carbocycles. The molecule has 3 aromatic rings. The molecule has 164 valence electrons. The van der Waals surface area contributed by atoms with E-state index < -0.39 is 6.04 Å². The van der Waals surface area contributed by atoms with Crippen molar-refractivity contribution in [3.05, 3.63) is 83.4 Å². The van der Waals surface area contributed by atoms with Gasteiger partial charge in [0.1, 0.15) is 6.54 Å². The fraction of sp³-hybridized carbons (Fsp3) is 0.269. The highest BCUT2D eigenvalue weighted by Gasteiger charge is 2.47. The third-order valence-corrected chi connectivity index (χ3v) is 6.41. The van der Waals surface area contributed by atoms with Gasteiger partial charge in [-0.2, -0.15) is 0 Å². The number of anilines is 1. The second-order valence-corrected chi connectivity index (χ2v) is 8.57. The molecule has 2 atom stereocenters. The molecule has 0 fully saturated rings. The van der Waals surface area contributed by atoms with Crippen molar-refractivity contribution in [1.29, 1.82) is 0 Å². The minimum atomic E-state index is -0.469. The number of nitrogens with zero attached hydrogens (tertiary/aromatic N) is 1. The number of carbonyl (C=O) groups excluding carboxylic acids is 1. The van der Waals surface area contributed by atoms with Crippen LogP contribution >= 0.6 is 0 Å². The lowest BCUT2D eigenvalue weighted by atomic mass is 9.87. The molecule has 6 heteroatoms. The number of likely N-dealkylation sites (N-methyl/N-ethyl adjacent to an activating group) is 1. The van der Waals surface area contributed by atoms with Crippen molar-refractivity contribution in [2.45, 2.75) is 19.0 Å². The van der Waals surface area contributed by atoms with Crippen molar-refractivity contribution in [2.24, 2.45) is 0 Å². The summed E-state index contributed by atoms with van der Waals surface area (Å²) in [6.45, 7) is 1.70. The van der Waals surface area contributed by atoms with E-state index in [1.54, 1.807) is 7.11 Å². The van der Waals surface area contributed by atoms with Crippen molar-refractivity contribution in [3.8, 4) is 17.2 Å². The molecule has 1 N–H and O–H groups in total. The zero-order valence-electron chi connectivity index (χ0n) is 18.3. The van der Waals surface area contributed by atoms with E-state index in [4.69, 9.17) is 14.2 Å². The number of carbonyl (C=O) groups is 1. The Morgan fingerprint density at radius 3 is 2.53 bits per heavy atom. The number of ether oxygens (including phenoxy) is 3. The summed E-state index contributed by atoms with van der Waals surface area (Å²) in [5, 5.41) is 3.13. The van der Waals surface area contributed by atoms with Gasteiger partial charge < -0.3 is 24.0 Å². The van der Waals surface area contributed by atoms with Gasteiger partial charge in [-0.05, 0) is 23.8 Å². The summed E-state index contributed by atoms with van der Waals surface area (Å²) in [7, 11) is 3.77. The maximum absolute atomic E-state index is 13.9. The van der Waals surface area contributed by atoms with E-state index in [9.17, 15) is 4.79 Å². The summed E-state index contributed by atoms with van der Waals surface area (Å²) in [6, 6.07) is 21.4. The average molecular weight is 432 g/mol. The molecule has 0 saturated heterocycles. The van der Waals surface area contributed by atoms with Gasteiger partial charge in [0.15, 0.2) is 17.5 Å². The van der Waals surface area contributed by atoms with Gasteiger partial charge in [-0.3, -0.25) is 4.79 Å². The summed E-state index contributed by atoms with van der Waals surface area (Å²) in [4.78, 5) is 13.9. The van der Waals surface area contributed by atoms with E-state index in [-0.39, 0.29) is 12.7 Å². The van der Waals surface area contributed by atoms with Gasteiger partial charge in [-0.15, -0.1) is 0 Å². The van der Waals surface area contributed by atoms with Crippen molar-refractivity contribution in [2.75, 3.05) is 32.8 Å². The van der Waals surface area contributed by atoms with Crippen LogP contribution in [0.25, 0.3) is 0 Å². The smallest absolute Gasteiger partial charge is 0.287 e. The standard InChI is InChI=1S/C26H26N2O4/c1-28(16-18-9-5-3-6-10-18)14-13-19-15-21-24(32-17-31-21)25(30-2)22(19)23(28)26(29)27-20-11-7-4-8-12-20/h3-12,15,23H,13-14,16-17H2,1-2H3/p+1/t23-,28-/m0/s1. The van der Waals surface area contributed by atoms with Crippen LogP contribution in [-0.2, 0) is 17.8 Å². The van der Waals surface area contributed by atoms with Crippen LogP contribution < -0.4 is 19.5 Å². The van der Waals surface area contributed by atoms with Crippen molar-refractivity contribution < 1.29 is 23.5 Å². The Kier molecular flexibility index (Phi) is 5.23. The van der Waals surface area contributed by atoms with E-state index in [0.29, 0.717) is 21.7 Å². The molecule has 1 amide bonds. The van der Waals surface area contributed by atoms with Gasteiger partial charge in [-0.25, -0.2) is 0 Å². The van der Waals surface area contributed by atoms with Gasteiger partial charge in [0.2, 0.25) is 12.5 Å². The summed E-state index contributed by atoms with van der Waals surface area (Å²) in [5.41, 5.74) is 3.92. The predicted octanol–water partition coefficient (Wildman–Crippen LogP) is 4.31. The van der Waals surface area contributed by atoms with Gasteiger partial charge in [-0.1, -0.05) is 48.5 Å². The number of hydrogen-bond acceptors (Lipinski definition) is 4. The van der Waals surface area contributed by atoms with Crippen LogP contribution in [0.15, 0.2) is 66.7 Å². The maximum Gasteiger partial charge on any atom is 0.287 e. The van der Waals surface area contributed by atoms with Crippen molar-refractivity contribution in [1.82, 2.24) is 0 Å². The van der Waals surface area contributed by atoms with E-state index in [0.717, 1.165) is 36.3 Å². The molecule has 0 unspecified atom stereocenters. The Labute approximate surface area is 187 Å². The van der Waals surface area contributed by atoms with Crippen LogP contribution in [0.3, 0.4) is 0 Å². The Hall–Kier alpha value is -3.51. The van der Waals surface area contributed by atoms with Crippen LogP contribution in [-0.4, -0.2) is 37.9 Å². The highest BCUT2D eigenvalue weighted by molar-refractivity contribution is 5.96. The third kappa shape index (κ3) is 3.56. The minimum absolute atomic E-state index is 0.0623. The predicted molar refractivity (Wildman–Crippen MR) is 122 cm³/mol. The number of nitrogens with one attached hydrogen (secondary N) is 1. The summed E-state index contributed by atoms with van der Waals surface area (Å²) < 4.78 is 17.7. The van der Waals surface area contributed by atoms with Crippen molar-refractivity contribution >= 4 is 11.6 Å².